The molecule has 1 aromatic carbocycles. The van der Waals surface area contributed by atoms with Gasteiger partial charge in [0.1, 0.15) is 6.10 Å². The van der Waals surface area contributed by atoms with E-state index in [0.717, 1.165) is 36.3 Å². The Bertz CT molecular complexity index is 946. The minimum atomic E-state index is -0.134. The molecule has 0 aliphatic carbocycles. The van der Waals surface area contributed by atoms with Gasteiger partial charge in [-0.15, -0.1) is 0 Å². The summed E-state index contributed by atoms with van der Waals surface area (Å²) in [4.78, 5) is 21.1. The van der Waals surface area contributed by atoms with Crippen LogP contribution in [0.15, 0.2) is 47.1 Å². The number of carbonyl (C=O) groups excluding carboxylic acids is 1. The summed E-state index contributed by atoms with van der Waals surface area (Å²) in [6.45, 7) is 3.11. The number of aryl methyl sites for hydroxylation is 1. The fourth-order valence-electron chi connectivity index (χ4n) is 3.14. The van der Waals surface area contributed by atoms with Gasteiger partial charge in [0.25, 0.3) is 11.8 Å². The molecule has 0 unspecified atom stereocenters. The molecule has 2 aromatic heterocycles. The highest BCUT2D eigenvalue weighted by molar-refractivity contribution is 5.95. The average Bonchev–Trinajstić information content (AvgIpc) is 3.40. The molecule has 1 aliphatic rings. The Labute approximate surface area is 163 Å². The number of rotatable bonds is 6. The van der Waals surface area contributed by atoms with Crippen molar-refractivity contribution in [2.24, 2.45) is 0 Å². The van der Waals surface area contributed by atoms with Crippen LogP contribution in [0.4, 0.5) is 0 Å². The van der Waals surface area contributed by atoms with Gasteiger partial charge in [-0.2, -0.15) is 4.98 Å². The third-order valence-corrected chi connectivity index (χ3v) is 4.69. The van der Waals surface area contributed by atoms with E-state index >= 15 is 0 Å². The fourth-order valence-corrected chi connectivity index (χ4v) is 3.14. The van der Waals surface area contributed by atoms with Crippen molar-refractivity contribution in [2.45, 2.75) is 32.3 Å². The lowest BCUT2D eigenvalue weighted by molar-refractivity contribution is 0.0835. The highest BCUT2D eigenvalue weighted by atomic mass is 16.5. The minimum Gasteiger partial charge on any atom is -0.368 e. The second kappa shape index (κ2) is 8.31. The summed E-state index contributed by atoms with van der Waals surface area (Å²) in [6.07, 6.45) is 4.15. The molecule has 0 radical (unpaired) electrons. The largest absolute Gasteiger partial charge is 0.368 e. The van der Waals surface area contributed by atoms with Gasteiger partial charge in [-0.1, -0.05) is 23.4 Å². The lowest BCUT2D eigenvalue weighted by Gasteiger charge is -2.07. The second-order valence-electron chi connectivity index (χ2n) is 6.83. The van der Waals surface area contributed by atoms with Gasteiger partial charge in [0.05, 0.1) is 0 Å². The molecule has 144 valence electrons. The van der Waals surface area contributed by atoms with E-state index in [1.54, 1.807) is 6.07 Å². The van der Waals surface area contributed by atoms with E-state index in [-0.39, 0.29) is 12.0 Å². The van der Waals surface area contributed by atoms with Gasteiger partial charge < -0.3 is 14.6 Å². The van der Waals surface area contributed by atoms with Gasteiger partial charge in [0.15, 0.2) is 5.82 Å². The van der Waals surface area contributed by atoms with E-state index in [2.05, 4.69) is 20.4 Å². The fraction of sp³-hybridized carbons (Fsp3) is 0.333. The van der Waals surface area contributed by atoms with E-state index < -0.39 is 0 Å². The zero-order valence-electron chi connectivity index (χ0n) is 15.7. The molecule has 7 nitrogen and oxygen atoms in total. The molecule has 1 amide bonds. The Kier molecular flexibility index (Phi) is 5.43. The average molecular weight is 378 g/mol. The number of hydrogen-bond donors (Lipinski definition) is 1. The van der Waals surface area contributed by atoms with Gasteiger partial charge >= 0.3 is 0 Å². The summed E-state index contributed by atoms with van der Waals surface area (Å²) in [6, 6.07) is 11.5. The number of benzene rings is 1. The molecular formula is C21H22N4O3. The number of aromatic nitrogens is 3. The Morgan fingerprint density at radius 2 is 2.18 bits per heavy atom. The molecule has 1 fully saturated rings. The minimum absolute atomic E-state index is 0.0881. The van der Waals surface area contributed by atoms with Crippen LogP contribution in [0.5, 0.6) is 0 Å². The summed E-state index contributed by atoms with van der Waals surface area (Å²) < 4.78 is 10.8. The van der Waals surface area contributed by atoms with Crippen molar-refractivity contribution >= 4 is 5.91 Å². The number of pyridine rings is 1. The number of nitrogens with zero attached hydrogens (tertiary/aromatic N) is 3. The Morgan fingerprint density at radius 1 is 1.25 bits per heavy atom. The van der Waals surface area contributed by atoms with Crippen LogP contribution in [-0.2, 0) is 11.2 Å². The highest BCUT2D eigenvalue weighted by Crippen LogP contribution is 2.26. The molecule has 1 atom stereocenters. The molecule has 1 N–H and O–H groups in total. The zero-order valence-corrected chi connectivity index (χ0v) is 15.7. The third kappa shape index (κ3) is 4.26. The van der Waals surface area contributed by atoms with Crippen molar-refractivity contribution in [3.05, 3.63) is 65.6 Å². The quantitative estimate of drug-likeness (QED) is 0.708. The molecule has 0 bridgehead atoms. The Balaban J connectivity index is 1.34. The van der Waals surface area contributed by atoms with E-state index in [1.165, 1.54) is 0 Å². The van der Waals surface area contributed by atoms with Crippen LogP contribution in [0.25, 0.3) is 11.1 Å². The normalized spacial score (nSPS) is 16.2. The van der Waals surface area contributed by atoms with Gasteiger partial charge in [0, 0.05) is 42.6 Å². The van der Waals surface area contributed by atoms with Crippen LogP contribution in [-0.4, -0.2) is 34.2 Å². The van der Waals surface area contributed by atoms with Gasteiger partial charge in [-0.25, -0.2) is 0 Å². The highest BCUT2D eigenvalue weighted by Gasteiger charge is 2.23. The summed E-state index contributed by atoms with van der Waals surface area (Å²) >= 11 is 0. The first-order valence-electron chi connectivity index (χ1n) is 9.44. The van der Waals surface area contributed by atoms with Gasteiger partial charge in [-0.3, -0.25) is 9.78 Å². The number of hydrogen-bond acceptors (Lipinski definition) is 6. The van der Waals surface area contributed by atoms with Crippen molar-refractivity contribution in [3.63, 3.8) is 0 Å². The van der Waals surface area contributed by atoms with Crippen LogP contribution in [0.3, 0.4) is 0 Å². The van der Waals surface area contributed by atoms with E-state index in [9.17, 15) is 4.79 Å². The molecule has 0 spiro atoms. The van der Waals surface area contributed by atoms with Crippen molar-refractivity contribution in [1.29, 1.82) is 0 Å². The molecule has 7 heteroatoms. The van der Waals surface area contributed by atoms with Gasteiger partial charge in [-0.05, 0) is 43.5 Å². The topological polar surface area (TPSA) is 90.1 Å². The molecule has 28 heavy (non-hydrogen) atoms. The molecular weight excluding hydrogens is 356 g/mol. The molecule has 3 heterocycles. The smallest absolute Gasteiger partial charge is 0.255 e. The summed E-state index contributed by atoms with van der Waals surface area (Å²) in [7, 11) is 0. The second-order valence-corrected chi connectivity index (χ2v) is 6.83. The predicted octanol–water partition coefficient (Wildman–Crippen LogP) is 3.26. The van der Waals surface area contributed by atoms with Crippen LogP contribution >= 0.6 is 0 Å². The van der Waals surface area contributed by atoms with Crippen molar-refractivity contribution in [2.75, 3.05) is 13.2 Å². The first-order chi connectivity index (χ1) is 13.7. The van der Waals surface area contributed by atoms with Crippen molar-refractivity contribution in [3.8, 4) is 11.1 Å². The van der Waals surface area contributed by atoms with Crippen molar-refractivity contribution < 1.29 is 14.1 Å². The Morgan fingerprint density at radius 3 is 2.96 bits per heavy atom. The first-order valence-corrected chi connectivity index (χ1v) is 9.44. The van der Waals surface area contributed by atoms with E-state index in [1.807, 2.05) is 43.5 Å². The Hall–Kier alpha value is -3.06. The molecule has 1 aliphatic heterocycles. The van der Waals surface area contributed by atoms with Crippen LogP contribution in [0, 0.1) is 6.92 Å². The molecule has 4 rings (SSSR count). The number of ether oxygens (including phenoxy) is 1. The molecule has 3 aromatic rings. The van der Waals surface area contributed by atoms with Crippen molar-refractivity contribution in [1.82, 2.24) is 20.4 Å². The van der Waals surface area contributed by atoms with Gasteiger partial charge in [0.2, 0.25) is 0 Å². The summed E-state index contributed by atoms with van der Waals surface area (Å²) in [5.74, 6) is 0.966. The maximum atomic E-state index is 12.5. The number of nitrogens with one attached hydrogen (secondary N) is 1. The van der Waals surface area contributed by atoms with Crippen LogP contribution < -0.4 is 5.32 Å². The van der Waals surface area contributed by atoms with Crippen LogP contribution in [0.2, 0.25) is 0 Å². The van der Waals surface area contributed by atoms with Crippen LogP contribution in [0.1, 0.15) is 46.7 Å². The lowest BCUT2D eigenvalue weighted by Crippen LogP contribution is -2.26. The number of amides is 1. The predicted molar refractivity (Wildman–Crippen MR) is 103 cm³/mol. The standard InChI is InChI=1S/C21H22N4O3/c1-14-7-8-17(13-23-14)15-4-2-5-16(12-15)20(26)22-10-9-19-24-21(28-25-19)18-6-3-11-27-18/h2,4-5,7-8,12-13,18H,3,6,9-11H2,1H3,(H,22,26)/t18-/m1/s1. The summed E-state index contributed by atoms with van der Waals surface area (Å²) in [5, 5.41) is 6.87. The monoisotopic (exact) mass is 378 g/mol. The van der Waals surface area contributed by atoms with E-state index in [4.69, 9.17) is 9.26 Å². The maximum absolute atomic E-state index is 12.5. The molecule has 0 saturated carbocycles. The SMILES string of the molecule is Cc1ccc(-c2cccc(C(=O)NCCc3noc([C@H]4CCCO4)n3)c2)cn1. The third-order valence-electron chi connectivity index (χ3n) is 4.69. The zero-order chi connectivity index (χ0) is 19.3. The molecule has 1 saturated heterocycles. The van der Waals surface area contributed by atoms with E-state index in [0.29, 0.717) is 30.2 Å². The lowest BCUT2D eigenvalue weighted by atomic mass is 10.0. The maximum Gasteiger partial charge on any atom is 0.255 e. The first kappa shape index (κ1) is 18.3. The number of carbonyl (C=O) groups is 1. The summed E-state index contributed by atoms with van der Waals surface area (Å²) in [5.41, 5.74) is 3.50.